The van der Waals surface area contributed by atoms with Crippen molar-refractivity contribution in [2.24, 2.45) is 0 Å². The van der Waals surface area contributed by atoms with Crippen LogP contribution in [-0.2, 0) is 4.79 Å². The minimum absolute atomic E-state index is 0.0125. The average molecular weight is 319 g/mol. The second-order valence-electron chi connectivity index (χ2n) is 5.63. The molecule has 0 aliphatic carbocycles. The Labute approximate surface area is 136 Å². The first-order valence-corrected chi connectivity index (χ1v) is 8.16. The van der Waals surface area contributed by atoms with Gasteiger partial charge in [0.1, 0.15) is 5.82 Å². The maximum Gasteiger partial charge on any atom is 0.315 e. The lowest BCUT2D eigenvalue weighted by Gasteiger charge is -2.33. The zero-order valence-electron chi connectivity index (χ0n) is 13.5. The Balaban J connectivity index is 1.66. The number of anilines is 1. The number of hydrogen-bond acceptors (Lipinski definition) is 4. The molecule has 0 spiro atoms. The topological polar surface area (TPSA) is 86.4 Å². The summed E-state index contributed by atoms with van der Waals surface area (Å²) in [5, 5.41) is 8.24. The van der Waals surface area contributed by atoms with E-state index >= 15 is 0 Å². The van der Waals surface area contributed by atoms with Crippen LogP contribution in [0.15, 0.2) is 24.4 Å². The summed E-state index contributed by atoms with van der Waals surface area (Å²) in [4.78, 5) is 29.8. The van der Waals surface area contributed by atoms with Crippen LogP contribution >= 0.6 is 0 Å². The van der Waals surface area contributed by atoms with Crippen LogP contribution in [0.3, 0.4) is 0 Å². The van der Waals surface area contributed by atoms with E-state index in [1.165, 1.54) is 0 Å². The molecule has 0 bridgehead atoms. The van der Waals surface area contributed by atoms with E-state index in [1.54, 1.807) is 6.20 Å². The predicted molar refractivity (Wildman–Crippen MR) is 89.3 cm³/mol. The van der Waals surface area contributed by atoms with Crippen molar-refractivity contribution in [3.8, 4) is 0 Å². The van der Waals surface area contributed by atoms with Crippen LogP contribution in [0, 0.1) is 0 Å². The van der Waals surface area contributed by atoms with Gasteiger partial charge in [0.2, 0.25) is 5.91 Å². The van der Waals surface area contributed by atoms with E-state index < -0.39 is 0 Å². The normalized spacial score (nSPS) is 15.1. The molecule has 3 amide bonds. The summed E-state index contributed by atoms with van der Waals surface area (Å²) in [6, 6.07) is 5.72. The van der Waals surface area contributed by atoms with Gasteiger partial charge in [-0.1, -0.05) is 13.0 Å². The van der Waals surface area contributed by atoms with Crippen molar-refractivity contribution >= 4 is 17.8 Å². The van der Waals surface area contributed by atoms with Gasteiger partial charge in [0.15, 0.2) is 0 Å². The Morgan fingerprint density at radius 3 is 2.70 bits per heavy atom. The first kappa shape index (κ1) is 17.1. The molecule has 0 unspecified atom stereocenters. The third-order valence-corrected chi connectivity index (χ3v) is 3.79. The van der Waals surface area contributed by atoms with Crippen LogP contribution in [0.5, 0.6) is 0 Å². The summed E-state index contributed by atoms with van der Waals surface area (Å²) >= 11 is 0. The SMILES string of the molecule is CCCNC(=O)CNC(=O)NC1CCN(c2ccccn2)CC1. The molecule has 1 fully saturated rings. The van der Waals surface area contributed by atoms with Gasteiger partial charge in [0, 0.05) is 31.9 Å². The molecule has 1 aliphatic heterocycles. The molecule has 2 rings (SSSR count). The summed E-state index contributed by atoms with van der Waals surface area (Å²) in [7, 11) is 0. The van der Waals surface area contributed by atoms with E-state index in [0.29, 0.717) is 6.54 Å². The van der Waals surface area contributed by atoms with Gasteiger partial charge in [-0.2, -0.15) is 0 Å². The lowest BCUT2D eigenvalue weighted by atomic mass is 10.1. The zero-order chi connectivity index (χ0) is 16.5. The molecule has 23 heavy (non-hydrogen) atoms. The highest BCUT2D eigenvalue weighted by Gasteiger charge is 2.21. The molecule has 7 nitrogen and oxygen atoms in total. The van der Waals surface area contributed by atoms with Crippen LogP contribution in [-0.4, -0.2) is 49.1 Å². The molecule has 0 saturated carbocycles. The van der Waals surface area contributed by atoms with Crippen LogP contribution in [0.1, 0.15) is 26.2 Å². The largest absolute Gasteiger partial charge is 0.356 e. The molecular weight excluding hydrogens is 294 g/mol. The number of carbonyl (C=O) groups excluding carboxylic acids is 2. The van der Waals surface area contributed by atoms with E-state index in [4.69, 9.17) is 0 Å². The van der Waals surface area contributed by atoms with Gasteiger partial charge in [-0.15, -0.1) is 0 Å². The number of amides is 3. The maximum absolute atomic E-state index is 11.8. The molecular formula is C16H25N5O2. The van der Waals surface area contributed by atoms with Gasteiger partial charge in [-0.05, 0) is 31.4 Å². The van der Waals surface area contributed by atoms with E-state index in [-0.39, 0.29) is 24.5 Å². The third kappa shape index (κ3) is 5.77. The molecule has 2 heterocycles. The number of piperidine rings is 1. The van der Waals surface area contributed by atoms with Gasteiger partial charge < -0.3 is 20.9 Å². The zero-order valence-corrected chi connectivity index (χ0v) is 13.5. The van der Waals surface area contributed by atoms with Gasteiger partial charge in [0.25, 0.3) is 0 Å². The van der Waals surface area contributed by atoms with Gasteiger partial charge in [-0.25, -0.2) is 9.78 Å². The average Bonchev–Trinajstić information content (AvgIpc) is 2.59. The van der Waals surface area contributed by atoms with E-state index in [9.17, 15) is 9.59 Å². The molecule has 1 aliphatic rings. The molecule has 1 saturated heterocycles. The van der Waals surface area contributed by atoms with E-state index in [0.717, 1.165) is 38.2 Å². The number of hydrogen-bond donors (Lipinski definition) is 3. The standard InChI is InChI=1S/C16H25N5O2/c1-2-8-18-15(22)12-19-16(23)20-13-6-10-21(11-7-13)14-5-3-4-9-17-14/h3-5,9,13H,2,6-8,10-12H2,1H3,(H,18,22)(H2,19,20,23). The Bertz CT molecular complexity index is 500. The quantitative estimate of drug-likeness (QED) is 0.726. The number of aromatic nitrogens is 1. The number of carbonyl (C=O) groups is 2. The number of nitrogens with one attached hydrogen (secondary N) is 3. The highest BCUT2D eigenvalue weighted by Crippen LogP contribution is 2.16. The summed E-state index contributed by atoms with van der Waals surface area (Å²) in [6.07, 6.45) is 4.40. The predicted octanol–water partition coefficient (Wildman–Crippen LogP) is 0.876. The fourth-order valence-corrected chi connectivity index (χ4v) is 2.52. The number of pyridine rings is 1. The van der Waals surface area contributed by atoms with Gasteiger partial charge in [0.05, 0.1) is 6.54 Å². The molecule has 0 atom stereocenters. The Hall–Kier alpha value is -2.31. The molecule has 1 aromatic heterocycles. The Kier molecular flexibility index (Phi) is 6.65. The molecule has 0 radical (unpaired) electrons. The number of rotatable bonds is 6. The summed E-state index contributed by atoms with van der Waals surface area (Å²) in [5.74, 6) is 0.815. The van der Waals surface area contributed by atoms with E-state index in [2.05, 4.69) is 25.8 Å². The first-order chi connectivity index (χ1) is 11.2. The Morgan fingerprint density at radius 1 is 1.26 bits per heavy atom. The van der Waals surface area contributed by atoms with Crippen LogP contribution in [0.4, 0.5) is 10.6 Å². The minimum atomic E-state index is -0.284. The fourth-order valence-electron chi connectivity index (χ4n) is 2.52. The fraction of sp³-hybridized carbons (Fsp3) is 0.562. The molecule has 0 aromatic carbocycles. The van der Waals surface area contributed by atoms with Crippen molar-refractivity contribution in [1.29, 1.82) is 0 Å². The summed E-state index contributed by atoms with van der Waals surface area (Å²) < 4.78 is 0. The molecule has 7 heteroatoms. The van der Waals surface area contributed by atoms with Crippen LogP contribution in [0.25, 0.3) is 0 Å². The molecule has 126 valence electrons. The molecule has 1 aromatic rings. The number of nitrogens with zero attached hydrogens (tertiary/aromatic N) is 2. The number of urea groups is 1. The second kappa shape index (κ2) is 8.97. The van der Waals surface area contributed by atoms with Crippen molar-refractivity contribution in [2.75, 3.05) is 31.1 Å². The molecule has 3 N–H and O–H groups in total. The van der Waals surface area contributed by atoms with Crippen molar-refractivity contribution < 1.29 is 9.59 Å². The summed E-state index contributed by atoms with van der Waals surface area (Å²) in [6.45, 7) is 4.35. The van der Waals surface area contributed by atoms with Crippen molar-refractivity contribution in [3.05, 3.63) is 24.4 Å². The third-order valence-electron chi connectivity index (χ3n) is 3.79. The Morgan fingerprint density at radius 2 is 2.04 bits per heavy atom. The van der Waals surface area contributed by atoms with Crippen LogP contribution in [0.2, 0.25) is 0 Å². The first-order valence-electron chi connectivity index (χ1n) is 8.16. The summed E-state index contributed by atoms with van der Waals surface area (Å²) in [5.41, 5.74) is 0. The smallest absolute Gasteiger partial charge is 0.315 e. The second-order valence-corrected chi connectivity index (χ2v) is 5.63. The minimum Gasteiger partial charge on any atom is -0.356 e. The highest BCUT2D eigenvalue weighted by molar-refractivity contribution is 5.83. The monoisotopic (exact) mass is 319 g/mol. The van der Waals surface area contributed by atoms with Crippen LogP contribution < -0.4 is 20.9 Å². The lowest BCUT2D eigenvalue weighted by molar-refractivity contribution is -0.120. The van der Waals surface area contributed by atoms with Crippen molar-refractivity contribution in [2.45, 2.75) is 32.2 Å². The highest BCUT2D eigenvalue weighted by atomic mass is 16.2. The van der Waals surface area contributed by atoms with Crippen molar-refractivity contribution in [3.63, 3.8) is 0 Å². The van der Waals surface area contributed by atoms with Gasteiger partial charge in [-0.3, -0.25) is 4.79 Å². The van der Waals surface area contributed by atoms with Gasteiger partial charge >= 0.3 is 6.03 Å². The maximum atomic E-state index is 11.8. The van der Waals surface area contributed by atoms with Crippen molar-refractivity contribution in [1.82, 2.24) is 20.9 Å². The van der Waals surface area contributed by atoms with E-state index in [1.807, 2.05) is 25.1 Å². The lowest BCUT2D eigenvalue weighted by Crippen LogP contribution is -2.49.